The smallest absolute Gasteiger partial charge is 0.387 e. The molecule has 0 N–H and O–H groups in total. The minimum atomic E-state index is -2.98. The lowest BCUT2D eigenvalue weighted by molar-refractivity contribution is -0.135. The summed E-state index contributed by atoms with van der Waals surface area (Å²) in [5.74, 6) is -0.209. The van der Waals surface area contributed by atoms with Gasteiger partial charge in [0, 0.05) is 17.0 Å². The van der Waals surface area contributed by atoms with Crippen molar-refractivity contribution >= 4 is 17.8 Å². The van der Waals surface area contributed by atoms with Crippen LogP contribution in [0.25, 0.3) is 6.08 Å². The third kappa shape index (κ3) is 3.87. The highest BCUT2D eigenvalue weighted by atomic mass is 19.3. The molecule has 0 saturated carbocycles. The molecule has 0 fully saturated rings. The fourth-order valence-electron chi connectivity index (χ4n) is 4.23. The number of Topliss-reactive ketones (excluding diaryl/α,β-unsaturated/α-hetero) is 1. The first-order valence-corrected chi connectivity index (χ1v) is 10.4. The van der Waals surface area contributed by atoms with Gasteiger partial charge in [0.15, 0.2) is 5.76 Å². The normalized spacial score (nSPS) is 17.8. The molecule has 34 heavy (non-hydrogen) atoms. The number of carbonyl (C=O) groups excluding carboxylic acids is 2. The molecule has 2 aliphatic rings. The summed E-state index contributed by atoms with van der Waals surface area (Å²) in [7, 11) is 1.53. The molecule has 0 amide bonds. The predicted molar refractivity (Wildman–Crippen MR) is 118 cm³/mol. The average molecular weight is 464 g/mol. The molecule has 0 radical (unpaired) electrons. The Kier molecular flexibility index (Phi) is 5.49. The molecule has 5 rings (SSSR count). The van der Waals surface area contributed by atoms with Crippen LogP contribution in [0, 0.1) is 0 Å². The number of carbonyl (C=O) groups is 2. The van der Waals surface area contributed by atoms with E-state index in [9.17, 15) is 18.4 Å². The first kappa shape index (κ1) is 21.6. The predicted octanol–water partition coefficient (Wildman–Crippen LogP) is 5.35. The van der Waals surface area contributed by atoms with Gasteiger partial charge in [-0.1, -0.05) is 30.3 Å². The Labute approximate surface area is 193 Å². The first-order chi connectivity index (χ1) is 16.4. The van der Waals surface area contributed by atoms with Crippen LogP contribution in [0.4, 0.5) is 8.78 Å². The Morgan fingerprint density at radius 2 is 1.85 bits per heavy atom. The largest absolute Gasteiger partial charge is 0.496 e. The van der Waals surface area contributed by atoms with Crippen LogP contribution < -0.4 is 18.9 Å². The number of allylic oxidation sites excluding steroid dienone is 1. The number of methoxy groups -OCH3 is 1. The zero-order valence-corrected chi connectivity index (χ0v) is 17.9. The molecule has 6 nitrogen and oxygen atoms in total. The van der Waals surface area contributed by atoms with Crippen molar-refractivity contribution in [3.05, 3.63) is 88.7 Å². The number of hydrogen-bond donors (Lipinski definition) is 0. The number of hydrogen-bond acceptors (Lipinski definition) is 6. The van der Waals surface area contributed by atoms with Gasteiger partial charge >= 0.3 is 12.6 Å². The second-order valence-electron chi connectivity index (χ2n) is 7.72. The summed E-state index contributed by atoms with van der Waals surface area (Å²) in [5, 5.41) is 0. The molecule has 0 aliphatic carbocycles. The van der Waals surface area contributed by atoms with Crippen LogP contribution in [0.5, 0.6) is 23.0 Å². The SMILES string of the molecule is COc1ccccc1/C=C1\Oc2c(ccc3c2[C@H](c2cccc(OC(F)F)c2)CC(=O)O3)C1=O. The van der Waals surface area contributed by atoms with Crippen LogP contribution in [0.15, 0.2) is 66.4 Å². The van der Waals surface area contributed by atoms with Gasteiger partial charge in [0.2, 0.25) is 5.78 Å². The van der Waals surface area contributed by atoms with Crippen molar-refractivity contribution < 1.29 is 37.3 Å². The molecule has 1 atom stereocenters. The minimum absolute atomic E-state index is 0.0330. The van der Waals surface area contributed by atoms with Crippen LogP contribution in [-0.4, -0.2) is 25.5 Å². The number of rotatable bonds is 5. The molecule has 2 heterocycles. The average Bonchev–Trinajstić information content (AvgIpc) is 3.13. The van der Waals surface area contributed by atoms with Gasteiger partial charge in [0.1, 0.15) is 23.0 Å². The van der Waals surface area contributed by atoms with E-state index in [1.54, 1.807) is 42.5 Å². The summed E-state index contributed by atoms with van der Waals surface area (Å²) in [6.45, 7) is -2.98. The Bertz CT molecular complexity index is 1330. The van der Waals surface area contributed by atoms with E-state index in [2.05, 4.69) is 4.74 Å². The molecule has 2 aliphatic heterocycles. The second kappa shape index (κ2) is 8.62. The van der Waals surface area contributed by atoms with Crippen molar-refractivity contribution in [3.8, 4) is 23.0 Å². The van der Waals surface area contributed by atoms with Gasteiger partial charge in [-0.25, -0.2) is 0 Å². The Hall–Kier alpha value is -4.20. The summed E-state index contributed by atoms with van der Waals surface area (Å²) in [6.07, 6.45) is 1.54. The molecule has 3 aromatic carbocycles. The second-order valence-corrected chi connectivity index (χ2v) is 7.72. The van der Waals surface area contributed by atoms with E-state index in [0.717, 1.165) is 0 Å². The van der Waals surface area contributed by atoms with Crippen molar-refractivity contribution in [2.75, 3.05) is 7.11 Å². The van der Waals surface area contributed by atoms with Gasteiger partial charge in [-0.05, 0) is 42.0 Å². The number of benzene rings is 3. The van der Waals surface area contributed by atoms with E-state index in [-0.39, 0.29) is 35.2 Å². The number of ether oxygens (including phenoxy) is 4. The summed E-state index contributed by atoms with van der Waals surface area (Å²) in [6, 6.07) is 16.4. The topological polar surface area (TPSA) is 71.1 Å². The molecular weight excluding hydrogens is 446 g/mol. The van der Waals surface area contributed by atoms with E-state index < -0.39 is 18.5 Å². The molecule has 0 aromatic heterocycles. The zero-order chi connectivity index (χ0) is 23.8. The van der Waals surface area contributed by atoms with Gasteiger partial charge in [-0.15, -0.1) is 0 Å². The highest BCUT2D eigenvalue weighted by Gasteiger charge is 2.38. The van der Waals surface area contributed by atoms with Crippen molar-refractivity contribution in [3.63, 3.8) is 0 Å². The lowest BCUT2D eigenvalue weighted by atomic mass is 9.84. The zero-order valence-electron chi connectivity index (χ0n) is 17.9. The number of fused-ring (bicyclic) bond motifs is 3. The minimum Gasteiger partial charge on any atom is -0.496 e. The molecule has 0 bridgehead atoms. The Morgan fingerprint density at radius 3 is 2.65 bits per heavy atom. The summed E-state index contributed by atoms with van der Waals surface area (Å²) in [4.78, 5) is 25.4. The van der Waals surface area contributed by atoms with E-state index in [1.807, 2.05) is 12.1 Å². The van der Waals surface area contributed by atoms with Crippen LogP contribution >= 0.6 is 0 Å². The maximum atomic E-state index is 13.1. The van der Waals surface area contributed by atoms with Crippen molar-refractivity contribution in [1.82, 2.24) is 0 Å². The van der Waals surface area contributed by atoms with E-state index in [4.69, 9.17) is 14.2 Å². The van der Waals surface area contributed by atoms with Crippen molar-refractivity contribution in [2.24, 2.45) is 0 Å². The van der Waals surface area contributed by atoms with Crippen molar-refractivity contribution in [2.45, 2.75) is 19.0 Å². The highest BCUT2D eigenvalue weighted by Crippen LogP contribution is 2.49. The fraction of sp³-hybridized carbons (Fsp3) is 0.154. The number of alkyl halides is 2. The van der Waals surface area contributed by atoms with E-state index in [0.29, 0.717) is 28.0 Å². The third-order valence-corrected chi connectivity index (χ3v) is 5.69. The van der Waals surface area contributed by atoms with Crippen LogP contribution in [0.1, 0.15) is 39.4 Å². The van der Waals surface area contributed by atoms with Gasteiger partial charge in [0.25, 0.3) is 0 Å². The van der Waals surface area contributed by atoms with Crippen LogP contribution in [0.2, 0.25) is 0 Å². The lowest BCUT2D eigenvalue weighted by Crippen LogP contribution is -2.21. The molecule has 8 heteroatoms. The van der Waals surface area contributed by atoms with E-state index >= 15 is 0 Å². The van der Waals surface area contributed by atoms with Crippen LogP contribution in [0.3, 0.4) is 0 Å². The molecule has 0 spiro atoms. The first-order valence-electron chi connectivity index (χ1n) is 10.4. The summed E-state index contributed by atoms with van der Waals surface area (Å²) >= 11 is 0. The van der Waals surface area contributed by atoms with Crippen molar-refractivity contribution in [1.29, 1.82) is 0 Å². The van der Waals surface area contributed by atoms with Gasteiger partial charge in [-0.3, -0.25) is 9.59 Å². The molecule has 172 valence electrons. The quantitative estimate of drug-likeness (QED) is 0.288. The lowest BCUT2D eigenvalue weighted by Gasteiger charge is -2.26. The number of halogens is 2. The van der Waals surface area contributed by atoms with Crippen LogP contribution in [-0.2, 0) is 4.79 Å². The Balaban J connectivity index is 1.59. The fourth-order valence-corrected chi connectivity index (χ4v) is 4.23. The van der Waals surface area contributed by atoms with E-state index in [1.165, 1.54) is 19.2 Å². The van der Waals surface area contributed by atoms with Gasteiger partial charge < -0.3 is 18.9 Å². The number of ketones is 1. The van der Waals surface area contributed by atoms with Gasteiger partial charge in [0.05, 0.1) is 19.1 Å². The highest BCUT2D eigenvalue weighted by molar-refractivity contribution is 6.15. The standard InChI is InChI=1S/C26H18F2O6/c1-31-19-8-3-2-5-15(19)12-21-24(30)17-9-10-20-23(25(17)34-21)18(13-22(29)33-20)14-6-4-7-16(11-14)32-26(27)28/h2-12,18,26H,13H2,1H3/b21-12-/t18-/m0/s1. The number of esters is 1. The molecular formula is C26H18F2O6. The molecule has 0 saturated heterocycles. The third-order valence-electron chi connectivity index (χ3n) is 5.69. The Morgan fingerprint density at radius 1 is 1.03 bits per heavy atom. The number of para-hydroxylation sites is 1. The van der Waals surface area contributed by atoms with Gasteiger partial charge in [-0.2, -0.15) is 8.78 Å². The molecule has 0 unspecified atom stereocenters. The maximum Gasteiger partial charge on any atom is 0.387 e. The summed E-state index contributed by atoms with van der Waals surface area (Å²) in [5.41, 5.74) is 2.04. The summed E-state index contributed by atoms with van der Waals surface area (Å²) < 4.78 is 46.7. The molecule has 3 aromatic rings. The maximum absolute atomic E-state index is 13.1. The monoisotopic (exact) mass is 464 g/mol.